The minimum absolute atomic E-state index is 0.0220. The van der Waals surface area contributed by atoms with Gasteiger partial charge >= 0.3 is 0 Å². The number of thiophene rings is 1. The molecule has 2 aromatic rings. The zero-order valence-corrected chi connectivity index (χ0v) is 21.0. The van der Waals surface area contributed by atoms with Crippen molar-refractivity contribution in [3.63, 3.8) is 0 Å². The third-order valence-corrected chi connectivity index (χ3v) is 7.79. The average Bonchev–Trinajstić information content (AvgIpc) is 3.21. The summed E-state index contributed by atoms with van der Waals surface area (Å²) in [6.07, 6.45) is 1.55. The predicted molar refractivity (Wildman–Crippen MR) is 129 cm³/mol. The molecule has 0 radical (unpaired) electrons. The molecular formula is C23H27Cl3N2O2S. The van der Waals surface area contributed by atoms with E-state index in [1.54, 1.807) is 28.4 Å². The van der Waals surface area contributed by atoms with Crippen molar-refractivity contribution < 1.29 is 9.59 Å². The quantitative estimate of drug-likeness (QED) is 0.434. The van der Waals surface area contributed by atoms with Crippen molar-refractivity contribution in [2.45, 2.75) is 39.7 Å². The minimum atomic E-state index is -0.724. The van der Waals surface area contributed by atoms with Gasteiger partial charge in [-0.3, -0.25) is 9.59 Å². The third-order valence-electron chi connectivity index (χ3n) is 5.56. The second kappa shape index (κ2) is 10.1. The Morgan fingerprint density at radius 2 is 1.97 bits per heavy atom. The number of carbonyl (C=O) groups excluding carboxylic acids is 2. The van der Waals surface area contributed by atoms with Crippen LogP contribution in [0.15, 0.2) is 29.6 Å². The van der Waals surface area contributed by atoms with Gasteiger partial charge in [0.15, 0.2) is 0 Å². The number of amides is 2. The number of fused-ring (bicyclic) bond motifs is 1. The normalized spacial score (nSPS) is 16.2. The number of halogens is 3. The van der Waals surface area contributed by atoms with Crippen molar-refractivity contribution in [3.05, 3.63) is 55.7 Å². The highest BCUT2D eigenvalue weighted by Gasteiger charge is 2.37. The number of nitrogens with zero attached hydrogens (tertiary/aromatic N) is 2. The number of hydrogen-bond donors (Lipinski definition) is 0. The zero-order chi connectivity index (χ0) is 22.8. The lowest BCUT2D eigenvalue weighted by Crippen LogP contribution is -2.50. The molecule has 0 saturated heterocycles. The Balaban J connectivity index is 1.93. The molecule has 8 heteroatoms. The molecule has 2 amide bonds. The lowest BCUT2D eigenvalue weighted by molar-refractivity contribution is -0.146. The van der Waals surface area contributed by atoms with Crippen molar-refractivity contribution in [2.24, 2.45) is 5.41 Å². The van der Waals surface area contributed by atoms with E-state index >= 15 is 0 Å². The van der Waals surface area contributed by atoms with E-state index in [1.165, 1.54) is 4.88 Å². The molecule has 1 unspecified atom stereocenters. The number of benzene rings is 1. The van der Waals surface area contributed by atoms with Gasteiger partial charge in [0.2, 0.25) is 11.8 Å². The molecule has 0 bridgehead atoms. The van der Waals surface area contributed by atoms with E-state index in [0.717, 1.165) is 24.0 Å². The fourth-order valence-electron chi connectivity index (χ4n) is 3.91. The summed E-state index contributed by atoms with van der Waals surface area (Å²) in [6.45, 7) is 6.72. The highest BCUT2D eigenvalue weighted by molar-refractivity contribution is 7.10. The first-order chi connectivity index (χ1) is 14.7. The van der Waals surface area contributed by atoms with Gasteiger partial charge in [0.05, 0.1) is 18.0 Å². The maximum Gasteiger partial charge on any atom is 0.242 e. The molecule has 1 atom stereocenters. The number of carbonyl (C=O) groups is 2. The van der Waals surface area contributed by atoms with E-state index in [0.29, 0.717) is 23.1 Å². The summed E-state index contributed by atoms with van der Waals surface area (Å²) in [5.74, 6) is -0.00218. The molecule has 168 valence electrons. The zero-order valence-electron chi connectivity index (χ0n) is 18.0. The van der Waals surface area contributed by atoms with Crippen LogP contribution in [0.1, 0.15) is 49.2 Å². The predicted octanol–water partition coefficient (Wildman–Crippen LogP) is 6.03. The van der Waals surface area contributed by atoms with Gasteiger partial charge in [0, 0.05) is 33.9 Å². The van der Waals surface area contributed by atoms with Crippen molar-refractivity contribution in [3.8, 4) is 0 Å². The van der Waals surface area contributed by atoms with Crippen LogP contribution >= 0.6 is 46.1 Å². The van der Waals surface area contributed by atoms with E-state index in [1.807, 2.05) is 37.1 Å². The summed E-state index contributed by atoms with van der Waals surface area (Å²) in [5, 5.41) is 3.13. The van der Waals surface area contributed by atoms with E-state index in [2.05, 4.69) is 6.07 Å². The topological polar surface area (TPSA) is 40.6 Å². The number of rotatable bonds is 7. The highest BCUT2D eigenvalue weighted by atomic mass is 35.5. The minimum Gasteiger partial charge on any atom is -0.333 e. The largest absolute Gasteiger partial charge is 0.333 e. The molecule has 4 nitrogen and oxygen atoms in total. The summed E-state index contributed by atoms with van der Waals surface area (Å²) in [4.78, 5) is 31.3. The average molecular weight is 502 g/mol. The van der Waals surface area contributed by atoms with Crippen LogP contribution in [0.2, 0.25) is 10.0 Å². The second-order valence-electron chi connectivity index (χ2n) is 8.45. The monoisotopic (exact) mass is 500 g/mol. The maximum atomic E-state index is 13.5. The Labute approximate surface area is 203 Å². The van der Waals surface area contributed by atoms with Gasteiger partial charge < -0.3 is 9.80 Å². The van der Waals surface area contributed by atoms with Crippen LogP contribution < -0.4 is 0 Å². The van der Waals surface area contributed by atoms with Crippen LogP contribution in [0.4, 0.5) is 0 Å². The summed E-state index contributed by atoms with van der Waals surface area (Å²) in [6, 6.07) is 7.14. The molecule has 0 fully saturated rings. The first kappa shape index (κ1) is 24.4. The van der Waals surface area contributed by atoms with Crippen LogP contribution in [0, 0.1) is 5.41 Å². The van der Waals surface area contributed by atoms with Crippen molar-refractivity contribution in [2.75, 3.05) is 25.5 Å². The molecule has 3 rings (SSSR count). The van der Waals surface area contributed by atoms with Gasteiger partial charge in [0.1, 0.15) is 0 Å². The van der Waals surface area contributed by atoms with Gasteiger partial charge in [-0.2, -0.15) is 0 Å². The molecule has 0 spiro atoms. The molecule has 1 aliphatic rings. The van der Waals surface area contributed by atoms with Gasteiger partial charge in [-0.1, -0.05) is 36.2 Å². The van der Waals surface area contributed by atoms with Crippen LogP contribution in [-0.4, -0.2) is 47.1 Å². The van der Waals surface area contributed by atoms with Crippen LogP contribution in [0.25, 0.3) is 0 Å². The van der Waals surface area contributed by atoms with E-state index < -0.39 is 5.41 Å². The SMILES string of the molecule is CCCN(CC(=O)N1CCc2sccc2C1c1ccc(Cl)cc1Cl)C(=O)C(C)(C)CCl. The standard InChI is InChI=1S/C23H27Cl3N2O2S/c1-4-9-27(22(30)23(2,3)14-24)13-20(29)28-10-7-19-17(8-11-31-19)21(28)16-6-5-15(25)12-18(16)26/h5-6,8,11-12,21H,4,7,9-10,13-14H2,1-3H3. The molecular weight excluding hydrogens is 475 g/mol. The van der Waals surface area contributed by atoms with Gasteiger partial charge in [0.25, 0.3) is 0 Å². The highest BCUT2D eigenvalue weighted by Crippen LogP contribution is 2.41. The fourth-order valence-corrected chi connectivity index (χ4v) is 5.44. The van der Waals surface area contributed by atoms with Crippen molar-refractivity contribution >= 4 is 58.0 Å². The van der Waals surface area contributed by atoms with Gasteiger partial charge in [-0.05, 0) is 61.4 Å². The Morgan fingerprint density at radius 1 is 1.23 bits per heavy atom. The van der Waals surface area contributed by atoms with Crippen molar-refractivity contribution in [1.29, 1.82) is 0 Å². The smallest absolute Gasteiger partial charge is 0.242 e. The molecule has 0 saturated carbocycles. The molecule has 2 heterocycles. The molecule has 31 heavy (non-hydrogen) atoms. The molecule has 0 aliphatic carbocycles. The van der Waals surface area contributed by atoms with Crippen LogP contribution in [0.3, 0.4) is 0 Å². The summed E-state index contributed by atoms with van der Waals surface area (Å²) < 4.78 is 0. The third kappa shape index (κ3) is 5.22. The van der Waals surface area contributed by atoms with Gasteiger partial charge in [-0.25, -0.2) is 0 Å². The van der Waals surface area contributed by atoms with E-state index in [9.17, 15) is 9.59 Å². The van der Waals surface area contributed by atoms with Crippen LogP contribution in [-0.2, 0) is 16.0 Å². The molecule has 1 aliphatic heterocycles. The summed E-state index contributed by atoms with van der Waals surface area (Å²) in [7, 11) is 0. The molecule has 0 N–H and O–H groups in total. The Bertz CT molecular complexity index is 960. The van der Waals surface area contributed by atoms with Gasteiger partial charge in [-0.15, -0.1) is 22.9 Å². The molecule has 1 aromatic carbocycles. The number of alkyl halides is 1. The summed E-state index contributed by atoms with van der Waals surface area (Å²) >= 11 is 20.4. The van der Waals surface area contributed by atoms with Crippen molar-refractivity contribution in [1.82, 2.24) is 9.80 Å². The molecule has 1 aromatic heterocycles. The van der Waals surface area contributed by atoms with E-state index in [4.69, 9.17) is 34.8 Å². The second-order valence-corrected chi connectivity index (χ2v) is 10.6. The lowest BCUT2D eigenvalue weighted by Gasteiger charge is -2.38. The maximum absolute atomic E-state index is 13.5. The van der Waals surface area contributed by atoms with Crippen LogP contribution in [0.5, 0.6) is 0 Å². The van der Waals surface area contributed by atoms with E-state index in [-0.39, 0.29) is 30.3 Å². The lowest BCUT2D eigenvalue weighted by atomic mass is 9.92. The summed E-state index contributed by atoms with van der Waals surface area (Å²) in [5.41, 5.74) is 1.20. The first-order valence-electron chi connectivity index (χ1n) is 10.4. The fraction of sp³-hybridized carbons (Fsp3) is 0.478. The Morgan fingerprint density at radius 3 is 2.61 bits per heavy atom. The first-order valence-corrected chi connectivity index (χ1v) is 12.5. The Hall–Kier alpha value is -1.27. The Kier molecular flexibility index (Phi) is 7.95. The number of hydrogen-bond acceptors (Lipinski definition) is 3.